The molecule has 1 saturated heterocycles. The Bertz CT molecular complexity index is 626. The highest BCUT2D eigenvalue weighted by atomic mass is 32.2. The molecule has 1 amide bonds. The van der Waals surface area contributed by atoms with Gasteiger partial charge in [0.05, 0.1) is 24.9 Å². The SMILES string of the molecule is CC(O)(/C=C/C1C(O)COS(=O)(=O)N1C(=O)C(C)(C)C)CCCCCCF. The molecule has 0 aliphatic carbocycles. The highest BCUT2D eigenvalue weighted by Gasteiger charge is 2.46. The second kappa shape index (κ2) is 9.45. The van der Waals surface area contributed by atoms with Crippen molar-refractivity contribution in [2.24, 2.45) is 5.41 Å². The van der Waals surface area contributed by atoms with Crippen LogP contribution >= 0.6 is 0 Å². The predicted octanol–water partition coefficient (Wildman–Crippen LogP) is 2.09. The van der Waals surface area contributed by atoms with Gasteiger partial charge in [-0.1, -0.05) is 52.2 Å². The van der Waals surface area contributed by atoms with Crippen molar-refractivity contribution in [2.75, 3.05) is 13.3 Å². The first-order valence-corrected chi connectivity index (χ1v) is 10.6. The van der Waals surface area contributed by atoms with E-state index in [9.17, 15) is 27.8 Å². The Labute approximate surface area is 161 Å². The largest absolute Gasteiger partial charge is 0.388 e. The normalized spacial score (nSPS) is 25.5. The number of alkyl halides is 1. The molecule has 1 aliphatic rings. The maximum absolute atomic E-state index is 12.6. The minimum atomic E-state index is -4.33. The van der Waals surface area contributed by atoms with E-state index in [1.54, 1.807) is 27.7 Å². The van der Waals surface area contributed by atoms with Gasteiger partial charge in [0.25, 0.3) is 0 Å². The van der Waals surface area contributed by atoms with E-state index < -0.39 is 46.0 Å². The van der Waals surface area contributed by atoms with Crippen LogP contribution < -0.4 is 0 Å². The molecule has 0 aromatic carbocycles. The lowest BCUT2D eigenvalue weighted by molar-refractivity contribution is -0.139. The van der Waals surface area contributed by atoms with Crippen LogP contribution in [-0.2, 0) is 19.3 Å². The van der Waals surface area contributed by atoms with Crippen LogP contribution in [0.2, 0.25) is 0 Å². The van der Waals surface area contributed by atoms with E-state index in [1.807, 2.05) is 0 Å². The zero-order valence-electron chi connectivity index (χ0n) is 16.5. The predicted molar refractivity (Wildman–Crippen MR) is 99.8 cm³/mol. The van der Waals surface area contributed by atoms with Crippen LogP contribution in [0.25, 0.3) is 0 Å². The van der Waals surface area contributed by atoms with Crippen LogP contribution in [0.3, 0.4) is 0 Å². The molecule has 3 unspecified atom stereocenters. The van der Waals surface area contributed by atoms with Crippen molar-refractivity contribution >= 4 is 16.2 Å². The van der Waals surface area contributed by atoms with Crippen molar-refractivity contribution in [1.29, 1.82) is 0 Å². The van der Waals surface area contributed by atoms with Gasteiger partial charge in [0.2, 0.25) is 5.91 Å². The minimum absolute atomic E-state index is 0.357. The average molecular weight is 410 g/mol. The molecule has 1 aliphatic heterocycles. The number of aliphatic hydroxyl groups excluding tert-OH is 1. The van der Waals surface area contributed by atoms with Crippen molar-refractivity contribution in [1.82, 2.24) is 4.31 Å². The van der Waals surface area contributed by atoms with Crippen LogP contribution in [0.5, 0.6) is 0 Å². The van der Waals surface area contributed by atoms with Gasteiger partial charge < -0.3 is 10.2 Å². The summed E-state index contributed by atoms with van der Waals surface area (Å²) in [5.41, 5.74) is -2.24. The summed E-state index contributed by atoms with van der Waals surface area (Å²) in [6, 6.07) is -1.16. The van der Waals surface area contributed by atoms with Crippen LogP contribution in [-0.4, -0.2) is 59.9 Å². The minimum Gasteiger partial charge on any atom is -0.388 e. The smallest absolute Gasteiger partial charge is 0.365 e. The number of unbranched alkanes of at least 4 members (excludes halogenated alkanes) is 3. The zero-order chi connectivity index (χ0) is 20.9. The molecule has 2 N–H and O–H groups in total. The third kappa shape index (κ3) is 7.14. The maximum Gasteiger partial charge on any atom is 0.365 e. The highest BCUT2D eigenvalue weighted by molar-refractivity contribution is 7.85. The standard InChI is InChI=1S/C18H32FNO6S/c1-17(2,3)16(22)20-14(15(21)13-26-27(20,24)25)9-11-18(4,23)10-7-5-6-8-12-19/h9,11,14-15,21,23H,5-8,10,12-13H2,1-4H3/b11-9+. The van der Waals surface area contributed by atoms with E-state index in [-0.39, 0.29) is 6.67 Å². The maximum atomic E-state index is 12.6. The molecule has 0 saturated carbocycles. The van der Waals surface area contributed by atoms with Gasteiger partial charge in [-0.25, -0.2) is 4.31 Å². The average Bonchev–Trinajstić information content (AvgIpc) is 2.54. The third-order valence-electron chi connectivity index (χ3n) is 4.35. The molecule has 0 aromatic heterocycles. The molecule has 1 fully saturated rings. The fourth-order valence-electron chi connectivity index (χ4n) is 2.71. The monoisotopic (exact) mass is 409 g/mol. The number of amides is 1. The zero-order valence-corrected chi connectivity index (χ0v) is 17.3. The number of hydrogen-bond acceptors (Lipinski definition) is 6. The van der Waals surface area contributed by atoms with Gasteiger partial charge >= 0.3 is 10.3 Å². The van der Waals surface area contributed by atoms with Gasteiger partial charge in [-0.2, -0.15) is 8.42 Å². The van der Waals surface area contributed by atoms with E-state index in [0.29, 0.717) is 23.6 Å². The summed E-state index contributed by atoms with van der Waals surface area (Å²) < 4.78 is 41.8. The van der Waals surface area contributed by atoms with E-state index in [2.05, 4.69) is 4.18 Å². The first kappa shape index (κ1) is 24.0. The van der Waals surface area contributed by atoms with E-state index in [1.165, 1.54) is 12.2 Å². The molecule has 0 bridgehead atoms. The molecular formula is C18H32FNO6S. The Balaban J connectivity index is 2.94. The molecule has 0 radical (unpaired) electrons. The molecule has 1 rings (SSSR count). The Morgan fingerprint density at radius 1 is 1.22 bits per heavy atom. The lowest BCUT2D eigenvalue weighted by atomic mass is 9.93. The fraction of sp³-hybridized carbons (Fsp3) is 0.833. The van der Waals surface area contributed by atoms with Crippen LogP contribution in [0.4, 0.5) is 4.39 Å². The van der Waals surface area contributed by atoms with Crippen LogP contribution in [0.15, 0.2) is 12.2 Å². The van der Waals surface area contributed by atoms with Crippen molar-refractivity contribution in [3.05, 3.63) is 12.2 Å². The second-order valence-electron chi connectivity index (χ2n) is 8.22. The molecular weight excluding hydrogens is 377 g/mol. The van der Waals surface area contributed by atoms with Gasteiger partial charge in [-0.05, 0) is 19.8 Å². The molecule has 1 heterocycles. The Hall–Kier alpha value is -1.03. The summed E-state index contributed by atoms with van der Waals surface area (Å²) in [4.78, 5) is 12.6. The molecule has 7 nitrogen and oxygen atoms in total. The summed E-state index contributed by atoms with van der Waals surface area (Å²) in [5, 5.41) is 20.7. The van der Waals surface area contributed by atoms with Crippen LogP contribution in [0.1, 0.15) is 59.8 Å². The lowest BCUT2D eigenvalue weighted by Gasteiger charge is -2.38. The Morgan fingerprint density at radius 3 is 2.37 bits per heavy atom. The lowest BCUT2D eigenvalue weighted by Crippen LogP contribution is -2.58. The second-order valence-corrected chi connectivity index (χ2v) is 9.71. The third-order valence-corrected chi connectivity index (χ3v) is 5.68. The summed E-state index contributed by atoms with van der Waals surface area (Å²) in [6.45, 7) is 5.45. The van der Waals surface area contributed by atoms with Gasteiger partial charge in [0.1, 0.15) is 6.10 Å². The topological polar surface area (TPSA) is 104 Å². The highest BCUT2D eigenvalue weighted by Crippen LogP contribution is 2.28. The first-order chi connectivity index (χ1) is 12.3. The van der Waals surface area contributed by atoms with Crippen molar-refractivity contribution in [3.63, 3.8) is 0 Å². The van der Waals surface area contributed by atoms with Gasteiger partial charge in [-0.3, -0.25) is 13.4 Å². The van der Waals surface area contributed by atoms with Crippen molar-refractivity contribution in [3.8, 4) is 0 Å². The summed E-state index contributed by atoms with van der Waals surface area (Å²) >= 11 is 0. The quantitative estimate of drug-likeness (QED) is 0.470. The number of rotatable bonds is 8. The molecule has 27 heavy (non-hydrogen) atoms. The van der Waals surface area contributed by atoms with Crippen LogP contribution in [0, 0.1) is 5.41 Å². The number of aliphatic hydroxyl groups is 2. The summed E-state index contributed by atoms with van der Waals surface area (Å²) in [6.07, 6.45) is 4.59. The summed E-state index contributed by atoms with van der Waals surface area (Å²) in [5.74, 6) is -0.707. The number of nitrogens with zero attached hydrogens (tertiary/aromatic N) is 1. The number of hydrogen-bond donors (Lipinski definition) is 2. The molecule has 158 valence electrons. The molecule has 3 atom stereocenters. The Kier molecular flexibility index (Phi) is 8.40. The number of carbonyl (C=O) groups excluding carboxylic acids is 1. The number of halogens is 1. The fourth-order valence-corrected chi connectivity index (χ4v) is 4.12. The van der Waals surface area contributed by atoms with Crippen molar-refractivity contribution < 1.29 is 32.0 Å². The molecule has 9 heteroatoms. The first-order valence-electron chi connectivity index (χ1n) is 9.21. The van der Waals surface area contributed by atoms with Gasteiger partial charge in [-0.15, -0.1) is 0 Å². The van der Waals surface area contributed by atoms with E-state index >= 15 is 0 Å². The van der Waals surface area contributed by atoms with Crippen molar-refractivity contribution in [2.45, 2.75) is 77.5 Å². The molecule has 0 spiro atoms. The van der Waals surface area contributed by atoms with Gasteiger partial charge in [0.15, 0.2) is 0 Å². The summed E-state index contributed by atoms with van der Waals surface area (Å²) in [7, 11) is -4.33. The van der Waals surface area contributed by atoms with E-state index in [0.717, 1.165) is 12.8 Å². The molecule has 0 aromatic rings. The van der Waals surface area contributed by atoms with Gasteiger partial charge in [0, 0.05) is 5.41 Å². The number of carbonyl (C=O) groups is 1. The Morgan fingerprint density at radius 2 is 1.81 bits per heavy atom. The van der Waals surface area contributed by atoms with E-state index in [4.69, 9.17) is 0 Å².